The van der Waals surface area contributed by atoms with Gasteiger partial charge in [0.15, 0.2) is 0 Å². The van der Waals surface area contributed by atoms with E-state index in [0.717, 1.165) is 24.5 Å². The average Bonchev–Trinajstić information content (AvgIpc) is 2.94. The van der Waals surface area contributed by atoms with E-state index in [1.807, 2.05) is 31.0 Å². The van der Waals surface area contributed by atoms with E-state index in [2.05, 4.69) is 20.5 Å². The normalized spacial score (nSPS) is 10.5. The summed E-state index contributed by atoms with van der Waals surface area (Å²) in [5.41, 5.74) is 0. The Labute approximate surface area is 100 Å². The molecule has 0 saturated heterocycles. The molecule has 0 amide bonds. The van der Waals surface area contributed by atoms with Gasteiger partial charge in [-0.3, -0.25) is 0 Å². The van der Waals surface area contributed by atoms with Crippen LogP contribution in [-0.2, 0) is 6.42 Å². The summed E-state index contributed by atoms with van der Waals surface area (Å²) in [6.45, 7) is 2.76. The Kier molecular flexibility index (Phi) is 3.32. The third-order valence-corrected chi connectivity index (χ3v) is 2.54. The lowest BCUT2D eigenvalue weighted by Crippen LogP contribution is -2.21. The fraction of sp³-hybridized carbons (Fsp3) is 0.455. The topological polar surface area (TPSA) is 70.0 Å². The molecule has 0 saturated carbocycles. The molecular formula is C11H17N5O. The van der Waals surface area contributed by atoms with E-state index in [4.69, 9.17) is 4.42 Å². The molecule has 6 nitrogen and oxygen atoms in total. The number of aromatic nitrogens is 3. The number of likely N-dealkylation sites (N-methyl/N-ethyl adjacent to an activating group) is 1. The molecule has 6 heteroatoms. The molecule has 0 atom stereocenters. The number of nitrogens with one attached hydrogen (secondary N) is 2. The van der Waals surface area contributed by atoms with Gasteiger partial charge in [0.1, 0.15) is 11.5 Å². The fourth-order valence-corrected chi connectivity index (χ4v) is 1.53. The Hall–Kier alpha value is -1.98. The molecule has 0 radical (unpaired) electrons. The minimum absolute atomic E-state index is 0.667. The fourth-order valence-electron chi connectivity index (χ4n) is 1.53. The molecule has 0 fully saturated rings. The van der Waals surface area contributed by atoms with Crippen LogP contribution >= 0.6 is 0 Å². The first-order chi connectivity index (χ1) is 8.19. The lowest BCUT2D eigenvalue weighted by molar-refractivity contribution is 0.482. The van der Waals surface area contributed by atoms with Crippen molar-refractivity contribution < 1.29 is 4.42 Å². The smallest absolute Gasteiger partial charge is 0.246 e. The maximum absolute atomic E-state index is 5.51. The van der Waals surface area contributed by atoms with Gasteiger partial charge < -0.3 is 14.6 Å². The van der Waals surface area contributed by atoms with Crippen LogP contribution in [0.4, 0.5) is 11.9 Å². The minimum atomic E-state index is 0.667. The monoisotopic (exact) mass is 235 g/mol. The molecular weight excluding hydrogens is 218 g/mol. The van der Waals surface area contributed by atoms with Gasteiger partial charge >= 0.3 is 0 Å². The maximum atomic E-state index is 5.51. The van der Waals surface area contributed by atoms with E-state index in [-0.39, 0.29) is 0 Å². The van der Waals surface area contributed by atoms with Gasteiger partial charge in [0.2, 0.25) is 11.9 Å². The lowest BCUT2D eigenvalue weighted by Gasteiger charge is -2.13. The number of H-pyrrole nitrogens is 1. The maximum Gasteiger partial charge on any atom is 0.246 e. The zero-order valence-electron chi connectivity index (χ0n) is 10.3. The summed E-state index contributed by atoms with van der Waals surface area (Å²) in [6.07, 6.45) is 0.841. The van der Waals surface area contributed by atoms with Crippen LogP contribution in [0.3, 0.4) is 0 Å². The predicted molar refractivity (Wildman–Crippen MR) is 66.3 cm³/mol. The Morgan fingerprint density at radius 2 is 2.29 bits per heavy atom. The summed E-state index contributed by atoms with van der Waals surface area (Å²) >= 11 is 0. The van der Waals surface area contributed by atoms with Crippen LogP contribution in [0.25, 0.3) is 0 Å². The second-order valence-electron chi connectivity index (χ2n) is 3.92. The number of nitrogens with zero attached hydrogens (tertiary/aromatic N) is 3. The molecule has 2 N–H and O–H groups in total. The summed E-state index contributed by atoms with van der Waals surface area (Å²) in [5, 5.41) is 9.81. The van der Waals surface area contributed by atoms with Crippen molar-refractivity contribution >= 4 is 11.9 Å². The van der Waals surface area contributed by atoms with E-state index in [1.165, 1.54) is 0 Å². The second kappa shape index (κ2) is 4.90. The standard InChI is InChI=1S/C11H17N5O/c1-8-4-5-9(17-8)6-7-16(3)11-13-10(12-2)14-15-11/h4-5H,6-7H2,1-3H3,(H2,12,13,14,15). The van der Waals surface area contributed by atoms with Crippen LogP contribution < -0.4 is 10.2 Å². The largest absolute Gasteiger partial charge is 0.466 e. The van der Waals surface area contributed by atoms with Gasteiger partial charge in [-0.25, -0.2) is 5.10 Å². The Morgan fingerprint density at radius 3 is 2.88 bits per heavy atom. The SMILES string of the molecule is CNc1nc(N(C)CCc2ccc(C)o2)n[nH]1. The van der Waals surface area contributed by atoms with Crippen molar-refractivity contribution in [2.75, 3.05) is 30.9 Å². The van der Waals surface area contributed by atoms with E-state index in [9.17, 15) is 0 Å². The molecule has 2 aromatic rings. The number of hydrogen-bond acceptors (Lipinski definition) is 5. The van der Waals surface area contributed by atoms with Crippen molar-refractivity contribution in [2.45, 2.75) is 13.3 Å². The summed E-state index contributed by atoms with van der Waals surface area (Å²) in [7, 11) is 3.76. The number of anilines is 2. The molecule has 2 rings (SSSR count). The van der Waals surface area contributed by atoms with E-state index in [1.54, 1.807) is 7.05 Å². The molecule has 17 heavy (non-hydrogen) atoms. The molecule has 0 aliphatic carbocycles. The third-order valence-electron chi connectivity index (χ3n) is 2.54. The van der Waals surface area contributed by atoms with Crippen molar-refractivity contribution in [1.29, 1.82) is 0 Å². The van der Waals surface area contributed by atoms with Crippen LogP contribution in [0.15, 0.2) is 16.5 Å². The van der Waals surface area contributed by atoms with Gasteiger partial charge in [-0.1, -0.05) is 0 Å². The molecule has 92 valence electrons. The van der Waals surface area contributed by atoms with Crippen molar-refractivity contribution in [3.8, 4) is 0 Å². The molecule has 0 unspecified atom stereocenters. The summed E-state index contributed by atoms with van der Waals surface area (Å²) in [4.78, 5) is 6.25. The van der Waals surface area contributed by atoms with Gasteiger partial charge in [-0.2, -0.15) is 4.98 Å². The first-order valence-corrected chi connectivity index (χ1v) is 5.55. The molecule has 2 aromatic heterocycles. The minimum Gasteiger partial charge on any atom is -0.466 e. The van der Waals surface area contributed by atoms with Crippen LogP contribution in [-0.4, -0.2) is 35.8 Å². The van der Waals surface area contributed by atoms with Gasteiger partial charge in [0.25, 0.3) is 0 Å². The number of hydrogen-bond donors (Lipinski definition) is 2. The number of aryl methyl sites for hydroxylation is 1. The zero-order valence-corrected chi connectivity index (χ0v) is 10.3. The molecule has 0 spiro atoms. The van der Waals surface area contributed by atoms with Crippen LogP contribution in [0.2, 0.25) is 0 Å². The van der Waals surface area contributed by atoms with E-state index in [0.29, 0.717) is 11.9 Å². The first kappa shape index (κ1) is 11.5. The number of rotatable bonds is 5. The van der Waals surface area contributed by atoms with Crippen LogP contribution in [0.5, 0.6) is 0 Å². The highest BCUT2D eigenvalue weighted by Crippen LogP contribution is 2.10. The van der Waals surface area contributed by atoms with Crippen molar-refractivity contribution in [2.24, 2.45) is 0 Å². The molecule has 0 aromatic carbocycles. The van der Waals surface area contributed by atoms with Crippen molar-refractivity contribution in [3.05, 3.63) is 23.7 Å². The highest BCUT2D eigenvalue weighted by atomic mass is 16.3. The van der Waals surface area contributed by atoms with Gasteiger partial charge in [-0.15, -0.1) is 5.10 Å². The van der Waals surface area contributed by atoms with E-state index >= 15 is 0 Å². The molecule has 0 bridgehead atoms. The van der Waals surface area contributed by atoms with Gasteiger partial charge in [0, 0.05) is 27.1 Å². The van der Waals surface area contributed by atoms with Gasteiger partial charge in [-0.05, 0) is 19.1 Å². The zero-order chi connectivity index (χ0) is 12.3. The Balaban J connectivity index is 1.90. The van der Waals surface area contributed by atoms with Crippen molar-refractivity contribution in [3.63, 3.8) is 0 Å². The van der Waals surface area contributed by atoms with Crippen LogP contribution in [0.1, 0.15) is 11.5 Å². The van der Waals surface area contributed by atoms with Gasteiger partial charge in [0.05, 0.1) is 0 Å². The average molecular weight is 235 g/mol. The van der Waals surface area contributed by atoms with E-state index < -0.39 is 0 Å². The summed E-state index contributed by atoms with van der Waals surface area (Å²) in [5.74, 6) is 3.27. The highest BCUT2D eigenvalue weighted by Gasteiger charge is 2.08. The Morgan fingerprint density at radius 1 is 1.47 bits per heavy atom. The lowest BCUT2D eigenvalue weighted by atomic mass is 10.3. The van der Waals surface area contributed by atoms with Crippen molar-refractivity contribution in [1.82, 2.24) is 15.2 Å². The highest BCUT2D eigenvalue weighted by molar-refractivity contribution is 5.35. The summed E-state index contributed by atoms with van der Waals surface area (Å²) in [6, 6.07) is 3.97. The predicted octanol–water partition coefficient (Wildman–Crippen LogP) is 1.43. The first-order valence-electron chi connectivity index (χ1n) is 5.55. The second-order valence-corrected chi connectivity index (χ2v) is 3.92. The number of aromatic amines is 1. The molecule has 0 aliphatic rings. The molecule has 0 aliphatic heterocycles. The third kappa shape index (κ3) is 2.77. The number of furan rings is 1. The van der Waals surface area contributed by atoms with Crippen LogP contribution in [0, 0.1) is 6.92 Å². The molecule has 2 heterocycles. The Bertz CT molecular complexity index is 476. The quantitative estimate of drug-likeness (QED) is 0.820. The summed E-state index contributed by atoms with van der Waals surface area (Å²) < 4.78 is 5.51.